The molecule has 0 radical (unpaired) electrons. The summed E-state index contributed by atoms with van der Waals surface area (Å²) in [7, 11) is 1.65. The first-order valence-electron chi connectivity index (χ1n) is 6.15. The largest absolute Gasteiger partial charge is 0.465 e. The topological polar surface area (TPSA) is 47.6 Å². The fourth-order valence-corrected chi connectivity index (χ4v) is 1.73. The quantitative estimate of drug-likeness (QED) is 0.752. The van der Waals surface area contributed by atoms with E-state index in [-0.39, 0.29) is 18.1 Å². The highest BCUT2D eigenvalue weighted by Gasteiger charge is 2.19. The average molecular weight is 251 g/mol. The Balaban J connectivity index is 2.66. The van der Waals surface area contributed by atoms with Crippen LogP contribution < -0.4 is 5.32 Å². The van der Waals surface area contributed by atoms with Gasteiger partial charge in [0.25, 0.3) is 0 Å². The molecule has 1 rings (SSSR count). The lowest BCUT2D eigenvalue weighted by Gasteiger charge is -2.22. The number of ether oxygens (including phenoxy) is 2. The molecule has 0 aliphatic carbocycles. The molecule has 0 heterocycles. The Morgan fingerprint density at radius 3 is 2.56 bits per heavy atom. The molecule has 0 spiro atoms. The predicted molar refractivity (Wildman–Crippen MR) is 70.3 cm³/mol. The second kappa shape index (κ2) is 7.84. The fourth-order valence-electron chi connectivity index (χ4n) is 1.73. The minimum Gasteiger partial charge on any atom is -0.465 e. The van der Waals surface area contributed by atoms with Crippen LogP contribution in [0.5, 0.6) is 0 Å². The molecule has 0 aromatic heterocycles. The van der Waals surface area contributed by atoms with Crippen LogP contribution in [0, 0.1) is 0 Å². The number of benzene rings is 1. The molecule has 0 amide bonds. The van der Waals surface area contributed by atoms with Crippen LogP contribution in [-0.4, -0.2) is 32.3 Å². The highest BCUT2D eigenvalue weighted by atomic mass is 16.5. The van der Waals surface area contributed by atoms with Crippen molar-refractivity contribution >= 4 is 5.97 Å². The SMILES string of the molecule is CCOC(=O)C(C)NC(COC)c1ccccc1. The van der Waals surface area contributed by atoms with E-state index in [4.69, 9.17) is 9.47 Å². The zero-order valence-electron chi connectivity index (χ0n) is 11.2. The number of nitrogens with one attached hydrogen (secondary N) is 1. The van der Waals surface area contributed by atoms with Gasteiger partial charge in [0.05, 0.1) is 19.3 Å². The van der Waals surface area contributed by atoms with Gasteiger partial charge in [0.1, 0.15) is 6.04 Å². The first kappa shape index (κ1) is 14.7. The zero-order chi connectivity index (χ0) is 13.4. The monoisotopic (exact) mass is 251 g/mol. The number of carbonyl (C=O) groups is 1. The third kappa shape index (κ3) is 4.47. The molecule has 18 heavy (non-hydrogen) atoms. The summed E-state index contributed by atoms with van der Waals surface area (Å²) in [5, 5.41) is 3.22. The summed E-state index contributed by atoms with van der Waals surface area (Å²) in [4.78, 5) is 11.6. The Hall–Kier alpha value is -1.39. The normalized spacial score (nSPS) is 13.9. The maximum absolute atomic E-state index is 11.6. The van der Waals surface area contributed by atoms with Gasteiger partial charge in [-0.15, -0.1) is 0 Å². The van der Waals surface area contributed by atoms with E-state index in [0.717, 1.165) is 5.56 Å². The van der Waals surface area contributed by atoms with E-state index in [1.54, 1.807) is 21.0 Å². The number of hydrogen-bond donors (Lipinski definition) is 1. The molecular weight excluding hydrogens is 230 g/mol. The van der Waals surface area contributed by atoms with Crippen LogP contribution in [-0.2, 0) is 14.3 Å². The molecule has 100 valence electrons. The molecule has 0 aliphatic rings. The summed E-state index contributed by atoms with van der Waals surface area (Å²) >= 11 is 0. The van der Waals surface area contributed by atoms with Crippen molar-refractivity contribution in [1.82, 2.24) is 5.32 Å². The molecule has 1 N–H and O–H groups in total. The van der Waals surface area contributed by atoms with Gasteiger partial charge in [-0.2, -0.15) is 0 Å². The van der Waals surface area contributed by atoms with E-state index < -0.39 is 0 Å². The third-order valence-electron chi connectivity index (χ3n) is 2.63. The van der Waals surface area contributed by atoms with Crippen molar-refractivity contribution in [2.24, 2.45) is 0 Å². The average Bonchev–Trinajstić information content (AvgIpc) is 2.39. The van der Waals surface area contributed by atoms with Crippen molar-refractivity contribution in [2.75, 3.05) is 20.3 Å². The summed E-state index contributed by atoms with van der Waals surface area (Å²) in [6.07, 6.45) is 0. The lowest BCUT2D eigenvalue weighted by Crippen LogP contribution is -2.39. The van der Waals surface area contributed by atoms with Crippen LogP contribution in [0.3, 0.4) is 0 Å². The van der Waals surface area contributed by atoms with Gasteiger partial charge in [-0.05, 0) is 19.4 Å². The molecule has 2 unspecified atom stereocenters. The van der Waals surface area contributed by atoms with E-state index in [1.807, 2.05) is 30.3 Å². The van der Waals surface area contributed by atoms with Crippen molar-refractivity contribution in [1.29, 1.82) is 0 Å². The second-order valence-corrected chi connectivity index (χ2v) is 4.06. The second-order valence-electron chi connectivity index (χ2n) is 4.06. The summed E-state index contributed by atoms with van der Waals surface area (Å²) in [5.74, 6) is -0.241. The Morgan fingerprint density at radius 2 is 2.00 bits per heavy atom. The van der Waals surface area contributed by atoms with Crippen molar-refractivity contribution in [3.8, 4) is 0 Å². The van der Waals surface area contributed by atoms with Gasteiger partial charge in [-0.1, -0.05) is 30.3 Å². The van der Waals surface area contributed by atoms with Gasteiger partial charge in [0, 0.05) is 7.11 Å². The molecule has 4 heteroatoms. The highest BCUT2D eigenvalue weighted by Crippen LogP contribution is 2.13. The number of methoxy groups -OCH3 is 1. The van der Waals surface area contributed by atoms with Gasteiger partial charge in [-0.25, -0.2) is 0 Å². The molecule has 0 aliphatic heterocycles. The Morgan fingerprint density at radius 1 is 1.33 bits per heavy atom. The Labute approximate surface area is 108 Å². The van der Waals surface area contributed by atoms with Crippen LogP contribution in [0.25, 0.3) is 0 Å². The molecular formula is C14H21NO3. The van der Waals surface area contributed by atoms with Crippen molar-refractivity contribution < 1.29 is 14.3 Å². The first-order chi connectivity index (χ1) is 8.69. The van der Waals surface area contributed by atoms with Gasteiger partial charge in [-0.3, -0.25) is 10.1 Å². The van der Waals surface area contributed by atoms with Crippen LogP contribution in [0.2, 0.25) is 0 Å². The molecule has 2 atom stereocenters. The van der Waals surface area contributed by atoms with Crippen molar-refractivity contribution in [2.45, 2.75) is 25.9 Å². The van der Waals surface area contributed by atoms with E-state index in [0.29, 0.717) is 13.2 Å². The lowest BCUT2D eigenvalue weighted by atomic mass is 10.1. The number of rotatable bonds is 7. The summed E-state index contributed by atoms with van der Waals surface area (Å²) in [5.41, 5.74) is 1.09. The minimum absolute atomic E-state index is 0.0180. The Bertz CT molecular complexity index is 353. The summed E-state index contributed by atoms with van der Waals surface area (Å²) < 4.78 is 10.2. The molecule has 4 nitrogen and oxygen atoms in total. The predicted octanol–water partition coefficient (Wildman–Crippen LogP) is 1.92. The standard InChI is InChI=1S/C14H21NO3/c1-4-18-14(16)11(2)15-13(10-17-3)12-8-6-5-7-9-12/h5-9,11,13,15H,4,10H2,1-3H3. The van der Waals surface area contributed by atoms with Crippen LogP contribution in [0.4, 0.5) is 0 Å². The molecule has 1 aromatic rings. The van der Waals surface area contributed by atoms with Gasteiger partial charge in [0.2, 0.25) is 0 Å². The molecule has 0 saturated carbocycles. The maximum Gasteiger partial charge on any atom is 0.322 e. The van der Waals surface area contributed by atoms with Gasteiger partial charge < -0.3 is 9.47 Å². The van der Waals surface area contributed by atoms with Gasteiger partial charge in [0.15, 0.2) is 0 Å². The molecule has 1 aromatic carbocycles. The fraction of sp³-hybridized carbons (Fsp3) is 0.500. The van der Waals surface area contributed by atoms with Crippen LogP contribution in [0.15, 0.2) is 30.3 Å². The molecule has 0 fully saturated rings. The smallest absolute Gasteiger partial charge is 0.322 e. The lowest BCUT2D eigenvalue weighted by molar-refractivity contribution is -0.145. The van der Waals surface area contributed by atoms with Crippen molar-refractivity contribution in [3.63, 3.8) is 0 Å². The van der Waals surface area contributed by atoms with E-state index in [2.05, 4.69) is 5.32 Å². The van der Waals surface area contributed by atoms with Crippen LogP contribution >= 0.6 is 0 Å². The minimum atomic E-state index is -0.356. The summed E-state index contributed by atoms with van der Waals surface area (Å²) in [6, 6.07) is 9.54. The zero-order valence-corrected chi connectivity index (χ0v) is 11.2. The molecule has 0 bridgehead atoms. The number of hydrogen-bond acceptors (Lipinski definition) is 4. The molecule has 0 saturated heterocycles. The number of esters is 1. The van der Waals surface area contributed by atoms with E-state index in [1.165, 1.54) is 0 Å². The van der Waals surface area contributed by atoms with Crippen LogP contribution in [0.1, 0.15) is 25.5 Å². The van der Waals surface area contributed by atoms with Crippen molar-refractivity contribution in [3.05, 3.63) is 35.9 Å². The van der Waals surface area contributed by atoms with Gasteiger partial charge >= 0.3 is 5.97 Å². The maximum atomic E-state index is 11.6. The van der Waals surface area contributed by atoms with E-state index >= 15 is 0 Å². The summed E-state index contributed by atoms with van der Waals surface area (Å²) in [6.45, 7) is 4.50. The highest BCUT2D eigenvalue weighted by molar-refractivity contribution is 5.75. The first-order valence-corrected chi connectivity index (χ1v) is 6.15. The Kier molecular flexibility index (Phi) is 6.39. The van der Waals surface area contributed by atoms with E-state index in [9.17, 15) is 4.79 Å². The third-order valence-corrected chi connectivity index (χ3v) is 2.63. The number of carbonyl (C=O) groups excluding carboxylic acids is 1.